The van der Waals surface area contributed by atoms with Crippen LogP contribution in [0.15, 0.2) is 18.2 Å². The van der Waals surface area contributed by atoms with Crippen molar-refractivity contribution < 1.29 is 9.22 Å². The number of rotatable bonds is 5. The number of carbonyl (C=O) groups excluding carboxylic acids is 1. The number of hydrogen-bond acceptors (Lipinski definition) is 2. The molecule has 0 radical (unpaired) electrons. The monoisotopic (exact) mass is 298 g/mol. The fraction of sp³-hybridized carbons (Fsp3) is 0.533. The molecule has 4 heteroatoms. The SMILES string of the molecule is CC(C)(C)[Si](C)(C)Oc1ccc(Cl)c(CCC=O)c1. The summed E-state index contributed by atoms with van der Waals surface area (Å²) < 4.78 is 6.23. The lowest BCUT2D eigenvalue weighted by atomic mass is 10.1. The summed E-state index contributed by atoms with van der Waals surface area (Å²) in [5.41, 5.74) is 0.977. The van der Waals surface area contributed by atoms with E-state index in [4.69, 9.17) is 16.0 Å². The summed E-state index contributed by atoms with van der Waals surface area (Å²) >= 11 is 6.13. The Bertz CT molecular complexity index is 450. The number of halogens is 1. The minimum atomic E-state index is -1.83. The molecule has 0 saturated carbocycles. The minimum absolute atomic E-state index is 0.162. The van der Waals surface area contributed by atoms with Gasteiger partial charge in [0.25, 0.3) is 0 Å². The predicted molar refractivity (Wildman–Crippen MR) is 83.7 cm³/mol. The van der Waals surface area contributed by atoms with E-state index in [2.05, 4.69) is 33.9 Å². The van der Waals surface area contributed by atoms with Gasteiger partial charge in [-0.25, -0.2) is 0 Å². The Kier molecular flexibility index (Phi) is 5.22. The number of aryl methyl sites for hydroxylation is 1. The van der Waals surface area contributed by atoms with Gasteiger partial charge >= 0.3 is 0 Å². The summed E-state index contributed by atoms with van der Waals surface area (Å²) in [4.78, 5) is 10.5. The number of aldehydes is 1. The van der Waals surface area contributed by atoms with Crippen molar-refractivity contribution >= 4 is 26.2 Å². The van der Waals surface area contributed by atoms with Crippen LogP contribution in [0.3, 0.4) is 0 Å². The van der Waals surface area contributed by atoms with Crippen molar-refractivity contribution in [1.29, 1.82) is 0 Å². The van der Waals surface area contributed by atoms with E-state index in [9.17, 15) is 4.79 Å². The Morgan fingerprint density at radius 2 is 1.95 bits per heavy atom. The predicted octanol–water partition coefficient (Wildman–Crippen LogP) is 4.86. The molecule has 0 atom stereocenters. The zero-order chi connectivity index (χ0) is 14.7. The van der Waals surface area contributed by atoms with Crippen LogP contribution in [0, 0.1) is 0 Å². The molecule has 0 aromatic heterocycles. The number of carbonyl (C=O) groups is 1. The maximum Gasteiger partial charge on any atom is 0.250 e. The van der Waals surface area contributed by atoms with Crippen molar-refractivity contribution in [2.24, 2.45) is 0 Å². The minimum Gasteiger partial charge on any atom is -0.543 e. The molecule has 0 fully saturated rings. The molecule has 19 heavy (non-hydrogen) atoms. The molecule has 2 nitrogen and oxygen atoms in total. The fourth-order valence-corrected chi connectivity index (χ4v) is 2.70. The molecule has 106 valence electrons. The van der Waals surface area contributed by atoms with Crippen LogP contribution in [-0.4, -0.2) is 14.6 Å². The molecule has 0 bridgehead atoms. The average molecular weight is 299 g/mol. The van der Waals surface area contributed by atoms with E-state index in [1.165, 1.54) is 0 Å². The maximum atomic E-state index is 10.5. The molecule has 0 aliphatic carbocycles. The van der Waals surface area contributed by atoms with Crippen LogP contribution in [0.4, 0.5) is 0 Å². The summed E-state index contributed by atoms with van der Waals surface area (Å²) in [6.45, 7) is 11.1. The van der Waals surface area contributed by atoms with Gasteiger partial charge in [0.1, 0.15) is 12.0 Å². The number of hydrogen-bond donors (Lipinski definition) is 0. The molecule has 1 rings (SSSR count). The zero-order valence-corrected chi connectivity index (χ0v) is 14.2. The van der Waals surface area contributed by atoms with Crippen molar-refractivity contribution in [3.05, 3.63) is 28.8 Å². The zero-order valence-electron chi connectivity index (χ0n) is 12.4. The summed E-state index contributed by atoms with van der Waals surface area (Å²) in [7, 11) is -1.83. The molecular weight excluding hydrogens is 276 g/mol. The van der Waals surface area contributed by atoms with Gasteiger partial charge in [0.2, 0.25) is 8.32 Å². The largest absolute Gasteiger partial charge is 0.543 e. The van der Waals surface area contributed by atoms with Gasteiger partial charge in [-0.1, -0.05) is 32.4 Å². The van der Waals surface area contributed by atoms with E-state index in [-0.39, 0.29) is 5.04 Å². The third kappa shape index (κ3) is 4.36. The highest BCUT2D eigenvalue weighted by atomic mass is 35.5. The van der Waals surface area contributed by atoms with E-state index < -0.39 is 8.32 Å². The molecule has 0 aliphatic rings. The summed E-state index contributed by atoms with van der Waals surface area (Å²) in [6.07, 6.45) is 2.07. The maximum absolute atomic E-state index is 10.5. The number of benzene rings is 1. The molecule has 1 aromatic rings. The van der Waals surface area contributed by atoms with Crippen molar-refractivity contribution in [3.63, 3.8) is 0 Å². The Balaban J connectivity index is 2.94. The Morgan fingerprint density at radius 3 is 2.47 bits per heavy atom. The first-order valence-electron chi connectivity index (χ1n) is 6.58. The van der Waals surface area contributed by atoms with E-state index in [1.807, 2.05) is 18.2 Å². The van der Waals surface area contributed by atoms with Gasteiger partial charge in [-0.05, 0) is 48.3 Å². The third-order valence-corrected chi connectivity index (χ3v) is 8.46. The van der Waals surface area contributed by atoms with Crippen LogP contribution in [0.5, 0.6) is 5.75 Å². The summed E-state index contributed by atoms with van der Waals surface area (Å²) in [6, 6.07) is 5.73. The normalized spacial score (nSPS) is 12.3. The summed E-state index contributed by atoms with van der Waals surface area (Å²) in [5.74, 6) is 0.858. The second-order valence-corrected chi connectivity index (χ2v) is 11.5. The van der Waals surface area contributed by atoms with E-state index in [0.717, 1.165) is 17.6 Å². The van der Waals surface area contributed by atoms with Crippen LogP contribution in [0.1, 0.15) is 32.8 Å². The lowest BCUT2D eigenvalue weighted by molar-refractivity contribution is -0.107. The first-order chi connectivity index (χ1) is 8.67. The van der Waals surface area contributed by atoms with Crippen molar-refractivity contribution in [2.75, 3.05) is 0 Å². The van der Waals surface area contributed by atoms with Crippen molar-refractivity contribution in [2.45, 2.75) is 51.7 Å². The molecular formula is C15H23ClO2Si. The van der Waals surface area contributed by atoms with Crippen LogP contribution < -0.4 is 4.43 Å². The van der Waals surface area contributed by atoms with Gasteiger partial charge in [0.15, 0.2) is 0 Å². The van der Waals surface area contributed by atoms with Crippen molar-refractivity contribution in [3.8, 4) is 5.75 Å². The fourth-order valence-electron chi connectivity index (χ4n) is 1.47. The highest BCUT2D eigenvalue weighted by Gasteiger charge is 2.38. The van der Waals surface area contributed by atoms with Crippen LogP contribution in [-0.2, 0) is 11.2 Å². The molecule has 0 amide bonds. The quantitative estimate of drug-likeness (QED) is 0.573. The molecule has 1 aromatic carbocycles. The molecule has 0 heterocycles. The first kappa shape index (κ1) is 16.3. The van der Waals surface area contributed by atoms with Crippen LogP contribution >= 0.6 is 11.6 Å². The molecule has 0 saturated heterocycles. The second-order valence-electron chi connectivity index (χ2n) is 6.32. The summed E-state index contributed by atoms with van der Waals surface area (Å²) in [5, 5.41) is 0.861. The van der Waals surface area contributed by atoms with Gasteiger partial charge in [-0.15, -0.1) is 0 Å². The molecule has 0 unspecified atom stereocenters. The van der Waals surface area contributed by atoms with Crippen LogP contribution in [0.2, 0.25) is 23.2 Å². The highest BCUT2D eigenvalue weighted by Crippen LogP contribution is 2.38. The lowest BCUT2D eigenvalue weighted by Gasteiger charge is -2.36. The Morgan fingerprint density at radius 1 is 1.32 bits per heavy atom. The van der Waals surface area contributed by atoms with Gasteiger partial charge in [0, 0.05) is 11.4 Å². The highest BCUT2D eigenvalue weighted by molar-refractivity contribution is 6.74. The Hall–Kier alpha value is -0.803. The van der Waals surface area contributed by atoms with E-state index in [1.54, 1.807) is 0 Å². The van der Waals surface area contributed by atoms with Gasteiger partial charge in [-0.2, -0.15) is 0 Å². The molecule has 0 spiro atoms. The van der Waals surface area contributed by atoms with Gasteiger partial charge in [-0.3, -0.25) is 0 Å². The molecule has 0 N–H and O–H groups in total. The van der Waals surface area contributed by atoms with Crippen LogP contribution in [0.25, 0.3) is 0 Å². The van der Waals surface area contributed by atoms with Gasteiger partial charge < -0.3 is 9.22 Å². The van der Waals surface area contributed by atoms with Gasteiger partial charge in [0.05, 0.1) is 0 Å². The smallest absolute Gasteiger partial charge is 0.250 e. The second kappa shape index (κ2) is 6.10. The average Bonchev–Trinajstić information content (AvgIpc) is 2.28. The molecule has 0 aliphatic heterocycles. The Labute approximate surface area is 122 Å². The first-order valence-corrected chi connectivity index (χ1v) is 9.87. The standard InChI is InChI=1S/C15H23ClO2Si/c1-15(2,3)19(4,5)18-13-8-9-14(16)12(11-13)7-6-10-17/h8-11H,6-7H2,1-5H3. The lowest BCUT2D eigenvalue weighted by Crippen LogP contribution is -2.43. The van der Waals surface area contributed by atoms with Crippen molar-refractivity contribution in [1.82, 2.24) is 0 Å². The van der Waals surface area contributed by atoms with E-state index >= 15 is 0 Å². The topological polar surface area (TPSA) is 26.3 Å². The van der Waals surface area contributed by atoms with E-state index in [0.29, 0.717) is 17.9 Å². The third-order valence-electron chi connectivity index (χ3n) is 3.73.